The SMILES string of the molecule is CNC(=O)C(C(=O)CO)N(C)C(=O)c1ccc(-c2ccc3c(c2)cc(CO)n3C)cc1. The number of aryl methyl sites for hydroxylation is 1. The fourth-order valence-corrected chi connectivity index (χ4v) is 3.63. The maximum absolute atomic E-state index is 12.8. The highest BCUT2D eigenvalue weighted by Crippen LogP contribution is 2.27. The molecule has 8 heteroatoms. The fraction of sp³-hybridized carbons (Fsp3) is 0.261. The van der Waals surface area contributed by atoms with Crippen LogP contribution in [0.3, 0.4) is 0 Å². The van der Waals surface area contributed by atoms with Crippen LogP contribution in [0.1, 0.15) is 16.1 Å². The number of amides is 2. The van der Waals surface area contributed by atoms with Crippen LogP contribution in [0.5, 0.6) is 0 Å². The number of hydrogen-bond donors (Lipinski definition) is 3. The summed E-state index contributed by atoms with van der Waals surface area (Å²) in [5.74, 6) is -1.93. The van der Waals surface area contributed by atoms with Crippen molar-refractivity contribution in [2.45, 2.75) is 12.6 Å². The topological polar surface area (TPSA) is 112 Å². The molecule has 1 aromatic heterocycles. The second-order valence-corrected chi connectivity index (χ2v) is 7.26. The van der Waals surface area contributed by atoms with Crippen molar-refractivity contribution in [3.63, 3.8) is 0 Å². The minimum Gasteiger partial charge on any atom is -0.390 e. The first kappa shape index (κ1) is 22.2. The van der Waals surface area contributed by atoms with Gasteiger partial charge in [0.25, 0.3) is 5.91 Å². The van der Waals surface area contributed by atoms with Crippen LogP contribution in [0.4, 0.5) is 0 Å². The Morgan fingerprint density at radius 1 is 1.03 bits per heavy atom. The van der Waals surface area contributed by atoms with E-state index in [4.69, 9.17) is 5.11 Å². The van der Waals surface area contributed by atoms with Gasteiger partial charge in [-0.25, -0.2) is 0 Å². The molecule has 0 saturated carbocycles. The molecule has 162 valence electrons. The van der Waals surface area contributed by atoms with Crippen LogP contribution >= 0.6 is 0 Å². The van der Waals surface area contributed by atoms with E-state index in [2.05, 4.69) is 5.32 Å². The first-order chi connectivity index (χ1) is 14.8. The largest absolute Gasteiger partial charge is 0.390 e. The lowest BCUT2D eigenvalue weighted by atomic mass is 10.0. The van der Waals surface area contributed by atoms with E-state index in [9.17, 15) is 19.5 Å². The molecule has 0 aliphatic heterocycles. The molecule has 0 fully saturated rings. The average molecular weight is 423 g/mol. The van der Waals surface area contributed by atoms with Gasteiger partial charge in [-0.15, -0.1) is 0 Å². The molecule has 31 heavy (non-hydrogen) atoms. The Hall–Kier alpha value is -3.49. The van der Waals surface area contributed by atoms with Crippen molar-refractivity contribution in [2.75, 3.05) is 20.7 Å². The van der Waals surface area contributed by atoms with Gasteiger partial charge in [-0.3, -0.25) is 14.4 Å². The normalized spacial score (nSPS) is 11.9. The zero-order chi connectivity index (χ0) is 22.7. The minimum absolute atomic E-state index is 0.0410. The summed E-state index contributed by atoms with van der Waals surface area (Å²) in [5.41, 5.74) is 3.99. The molecule has 0 saturated heterocycles. The Balaban J connectivity index is 1.86. The van der Waals surface area contributed by atoms with Gasteiger partial charge in [0.15, 0.2) is 11.8 Å². The van der Waals surface area contributed by atoms with Crippen molar-refractivity contribution < 1.29 is 24.6 Å². The van der Waals surface area contributed by atoms with E-state index in [1.807, 2.05) is 35.9 Å². The summed E-state index contributed by atoms with van der Waals surface area (Å²) >= 11 is 0. The van der Waals surface area contributed by atoms with Gasteiger partial charge >= 0.3 is 0 Å². The Labute approximate surface area is 179 Å². The number of ketones is 1. The lowest BCUT2D eigenvalue weighted by Crippen LogP contribution is -2.52. The molecule has 3 N–H and O–H groups in total. The summed E-state index contributed by atoms with van der Waals surface area (Å²) in [7, 11) is 4.62. The van der Waals surface area contributed by atoms with Crippen molar-refractivity contribution in [1.29, 1.82) is 0 Å². The molecule has 0 aliphatic rings. The molecule has 0 spiro atoms. The number of aromatic nitrogens is 1. The van der Waals surface area contributed by atoms with Gasteiger partial charge in [-0.1, -0.05) is 18.2 Å². The fourth-order valence-electron chi connectivity index (χ4n) is 3.63. The molecule has 3 rings (SSSR count). The van der Waals surface area contributed by atoms with Gasteiger partial charge in [0.1, 0.15) is 6.61 Å². The first-order valence-corrected chi connectivity index (χ1v) is 9.74. The summed E-state index contributed by atoms with van der Waals surface area (Å²) in [6, 6.07) is 13.3. The molecule has 0 aliphatic carbocycles. The van der Waals surface area contributed by atoms with E-state index in [-0.39, 0.29) is 6.61 Å². The second kappa shape index (κ2) is 9.11. The molecule has 1 atom stereocenters. The number of Topliss-reactive ketones (excluding diaryl/α,β-unsaturated/α-hetero) is 1. The number of nitrogens with zero attached hydrogens (tertiary/aromatic N) is 2. The molecule has 0 bridgehead atoms. The number of fused-ring (bicyclic) bond motifs is 1. The number of carbonyl (C=O) groups excluding carboxylic acids is 3. The molecule has 8 nitrogen and oxygen atoms in total. The lowest BCUT2D eigenvalue weighted by Gasteiger charge is -2.25. The molecular formula is C23H25N3O5. The number of carbonyl (C=O) groups is 3. The number of aliphatic hydroxyl groups is 2. The van der Waals surface area contributed by atoms with Crippen LogP contribution < -0.4 is 5.32 Å². The van der Waals surface area contributed by atoms with Crippen LogP contribution in [0.15, 0.2) is 48.5 Å². The number of nitrogens with one attached hydrogen (secondary N) is 1. The summed E-state index contributed by atoms with van der Waals surface area (Å²) in [6.45, 7) is -0.880. The predicted octanol–water partition coefficient (Wildman–Crippen LogP) is 1.09. The van der Waals surface area contributed by atoms with Gasteiger partial charge in [-0.05, 0) is 41.5 Å². The second-order valence-electron chi connectivity index (χ2n) is 7.26. The molecule has 1 unspecified atom stereocenters. The summed E-state index contributed by atoms with van der Waals surface area (Å²) < 4.78 is 1.94. The van der Waals surface area contributed by atoms with Crippen molar-refractivity contribution in [3.05, 3.63) is 59.8 Å². The number of likely N-dealkylation sites (N-methyl/N-ethyl adjacent to an activating group) is 2. The van der Waals surface area contributed by atoms with E-state index in [1.54, 1.807) is 24.3 Å². The van der Waals surface area contributed by atoms with Crippen LogP contribution in [0.25, 0.3) is 22.0 Å². The Morgan fingerprint density at radius 3 is 2.26 bits per heavy atom. The van der Waals surface area contributed by atoms with Crippen LogP contribution in [-0.2, 0) is 23.2 Å². The lowest BCUT2D eigenvalue weighted by molar-refractivity contribution is -0.135. The molecular weight excluding hydrogens is 398 g/mol. The predicted molar refractivity (Wildman–Crippen MR) is 116 cm³/mol. The summed E-state index contributed by atoms with van der Waals surface area (Å²) in [6.07, 6.45) is 0. The first-order valence-electron chi connectivity index (χ1n) is 9.74. The van der Waals surface area contributed by atoms with E-state index in [1.165, 1.54) is 14.1 Å². The zero-order valence-electron chi connectivity index (χ0n) is 17.6. The zero-order valence-corrected chi connectivity index (χ0v) is 17.6. The van der Waals surface area contributed by atoms with Gasteiger partial charge in [0.05, 0.1) is 6.61 Å². The summed E-state index contributed by atoms with van der Waals surface area (Å²) in [4.78, 5) is 37.8. The highest BCUT2D eigenvalue weighted by molar-refractivity contribution is 6.10. The van der Waals surface area contributed by atoms with Crippen molar-refractivity contribution >= 4 is 28.5 Å². The highest BCUT2D eigenvalue weighted by atomic mass is 16.3. The van der Waals surface area contributed by atoms with Crippen LogP contribution in [-0.4, -0.2) is 64.0 Å². The molecule has 2 amide bonds. The third-order valence-electron chi connectivity index (χ3n) is 5.43. The molecule has 2 aromatic carbocycles. The van der Waals surface area contributed by atoms with E-state index >= 15 is 0 Å². The minimum atomic E-state index is -1.40. The smallest absolute Gasteiger partial charge is 0.254 e. The highest BCUT2D eigenvalue weighted by Gasteiger charge is 2.32. The standard InChI is InChI=1S/C23H25N3O5/c1-24-22(30)21(20(29)13-28)26(3)23(31)15-6-4-14(5-7-15)16-8-9-19-17(10-16)11-18(12-27)25(19)2/h4-11,21,27-28H,12-13H2,1-3H3,(H,24,30). The van der Waals surface area contributed by atoms with Gasteiger partial charge < -0.3 is 25.0 Å². The Bertz CT molecular complexity index is 1120. The maximum Gasteiger partial charge on any atom is 0.254 e. The number of rotatable bonds is 7. The maximum atomic E-state index is 12.8. The number of benzene rings is 2. The Morgan fingerprint density at radius 2 is 1.68 bits per heavy atom. The van der Waals surface area contributed by atoms with E-state index in [0.29, 0.717) is 5.56 Å². The molecule has 0 radical (unpaired) electrons. The van der Waals surface area contributed by atoms with Gasteiger partial charge in [-0.2, -0.15) is 0 Å². The van der Waals surface area contributed by atoms with E-state index < -0.39 is 30.2 Å². The van der Waals surface area contributed by atoms with Crippen molar-refractivity contribution in [1.82, 2.24) is 14.8 Å². The number of hydrogen-bond acceptors (Lipinski definition) is 5. The molecule has 3 aromatic rings. The quantitative estimate of drug-likeness (QED) is 0.493. The van der Waals surface area contributed by atoms with E-state index in [0.717, 1.165) is 32.6 Å². The third-order valence-corrected chi connectivity index (χ3v) is 5.43. The summed E-state index contributed by atoms with van der Waals surface area (Å²) in [5, 5.41) is 21.9. The van der Waals surface area contributed by atoms with Crippen LogP contribution in [0, 0.1) is 0 Å². The van der Waals surface area contributed by atoms with Gasteiger partial charge in [0.2, 0.25) is 5.91 Å². The third kappa shape index (κ3) is 4.21. The molecule has 1 heterocycles. The number of aliphatic hydroxyl groups excluding tert-OH is 2. The Kier molecular flexibility index (Phi) is 6.53. The van der Waals surface area contributed by atoms with Crippen molar-refractivity contribution in [2.24, 2.45) is 7.05 Å². The van der Waals surface area contributed by atoms with Crippen molar-refractivity contribution in [3.8, 4) is 11.1 Å². The average Bonchev–Trinajstić information content (AvgIpc) is 3.13. The monoisotopic (exact) mass is 423 g/mol. The van der Waals surface area contributed by atoms with Gasteiger partial charge in [0, 0.05) is 43.3 Å². The van der Waals surface area contributed by atoms with Crippen LogP contribution in [0.2, 0.25) is 0 Å².